The Morgan fingerprint density at radius 3 is 2.55 bits per heavy atom. The van der Waals surface area contributed by atoms with Gasteiger partial charge in [-0.2, -0.15) is 10.2 Å². The number of aromatic nitrogens is 7. The Hall–Kier alpha value is -4.33. The van der Waals surface area contributed by atoms with Gasteiger partial charge in [-0.1, -0.05) is 24.3 Å². The minimum atomic E-state index is -0.267. The van der Waals surface area contributed by atoms with Crippen LogP contribution in [0.25, 0.3) is 56.0 Å². The van der Waals surface area contributed by atoms with E-state index in [-0.39, 0.29) is 5.82 Å². The average molecular weight is 409 g/mol. The SMILES string of the molecule is Cn1cc(-c2ccc3[nH]nc(-c4nc5c(-c6ccc(F)cc6)cccc5[nH]4)c3n2)cn1. The summed E-state index contributed by atoms with van der Waals surface area (Å²) in [6.07, 6.45) is 3.70. The zero-order chi connectivity index (χ0) is 20.9. The van der Waals surface area contributed by atoms with Gasteiger partial charge in [-0.15, -0.1) is 0 Å². The van der Waals surface area contributed by atoms with Gasteiger partial charge in [0, 0.05) is 24.4 Å². The Morgan fingerprint density at radius 2 is 1.74 bits per heavy atom. The zero-order valence-corrected chi connectivity index (χ0v) is 16.5. The van der Waals surface area contributed by atoms with Crippen LogP contribution in [0.5, 0.6) is 0 Å². The molecule has 0 fully saturated rings. The molecule has 0 unspecified atom stereocenters. The number of fused-ring (bicyclic) bond motifs is 2. The number of benzene rings is 2. The van der Waals surface area contributed by atoms with E-state index in [2.05, 4.69) is 20.3 Å². The number of aryl methyl sites for hydroxylation is 1. The number of nitrogens with one attached hydrogen (secondary N) is 2. The van der Waals surface area contributed by atoms with Gasteiger partial charge in [0.25, 0.3) is 0 Å². The second kappa shape index (κ2) is 6.60. The van der Waals surface area contributed by atoms with Gasteiger partial charge in [0.15, 0.2) is 11.5 Å². The summed E-state index contributed by atoms with van der Waals surface area (Å²) < 4.78 is 15.1. The predicted molar refractivity (Wildman–Crippen MR) is 117 cm³/mol. The molecule has 150 valence electrons. The summed E-state index contributed by atoms with van der Waals surface area (Å²) in [5.74, 6) is 0.351. The van der Waals surface area contributed by atoms with E-state index < -0.39 is 0 Å². The molecule has 6 aromatic rings. The first-order valence-electron chi connectivity index (χ1n) is 9.75. The van der Waals surface area contributed by atoms with Crippen molar-refractivity contribution in [3.63, 3.8) is 0 Å². The first kappa shape index (κ1) is 17.5. The highest BCUT2D eigenvalue weighted by molar-refractivity contribution is 5.96. The Bertz CT molecular complexity index is 1560. The second-order valence-electron chi connectivity index (χ2n) is 7.36. The maximum absolute atomic E-state index is 13.4. The van der Waals surface area contributed by atoms with Crippen molar-refractivity contribution < 1.29 is 4.39 Å². The van der Waals surface area contributed by atoms with Gasteiger partial charge in [-0.05, 0) is 35.9 Å². The standard InChI is InChI=1S/C23H16FN7/c1-31-12-14(11-25-31)17-9-10-19-21(26-17)22(30-29-19)23-27-18-4-2-3-16(20(18)28-23)13-5-7-15(24)8-6-13/h2-12H,1H3,(H,27,28)(H,29,30). The number of aromatic amines is 2. The summed E-state index contributed by atoms with van der Waals surface area (Å²) >= 11 is 0. The van der Waals surface area contributed by atoms with Crippen LogP contribution < -0.4 is 0 Å². The Kier molecular flexibility index (Phi) is 3.73. The van der Waals surface area contributed by atoms with Crippen LogP contribution >= 0.6 is 0 Å². The van der Waals surface area contributed by atoms with E-state index >= 15 is 0 Å². The van der Waals surface area contributed by atoms with Crippen molar-refractivity contribution in [1.29, 1.82) is 0 Å². The largest absolute Gasteiger partial charge is 0.336 e. The van der Waals surface area contributed by atoms with E-state index in [1.54, 1.807) is 23.0 Å². The van der Waals surface area contributed by atoms with E-state index in [0.29, 0.717) is 11.5 Å². The number of hydrogen-bond acceptors (Lipinski definition) is 4. The molecule has 4 heterocycles. The highest BCUT2D eigenvalue weighted by Crippen LogP contribution is 2.31. The quantitative estimate of drug-likeness (QED) is 0.443. The molecule has 31 heavy (non-hydrogen) atoms. The maximum Gasteiger partial charge on any atom is 0.161 e. The van der Waals surface area contributed by atoms with E-state index in [1.807, 2.05) is 43.6 Å². The number of hydrogen-bond donors (Lipinski definition) is 2. The van der Waals surface area contributed by atoms with Gasteiger partial charge >= 0.3 is 0 Å². The van der Waals surface area contributed by atoms with Crippen LogP contribution in [0.15, 0.2) is 67.0 Å². The Balaban J connectivity index is 1.50. The highest BCUT2D eigenvalue weighted by atomic mass is 19.1. The molecule has 0 aliphatic rings. The molecular weight excluding hydrogens is 393 g/mol. The molecule has 0 saturated heterocycles. The van der Waals surface area contributed by atoms with Gasteiger partial charge < -0.3 is 4.98 Å². The van der Waals surface area contributed by atoms with Crippen molar-refractivity contribution in [2.24, 2.45) is 7.05 Å². The normalized spacial score (nSPS) is 11.5. The molecule has 0 atom stereocenters. The van der Waals surface area contributed by atoms with Crippen LogP contribution in [0.3, 0.4) is 0 Å². The van der Waals surface area contributed by atoms with Crippen molar-refractivity contribution in [2.45, 2.75) is 0 Å². The van der Waals surface area contributed by atoms with Crippen LogP contribution in [0.2, 0.25) is 0 Å². The van der Waals surface area contributed by atoms with Gasteiger partial charge in [0.2, 0.25) is 0 Å². The summed E-state index contributed by atoms with van der Waals surface area (Å²) in [6, 6.07) is 16.2. The summed E-state index contributed by atoms with van der Waals surface area (Å²) in [7, 11) is 1.87. The molecule has 0 aliphatic heterocycles. The molecule has 0 amide bonds. The highest BCUT2D eigenvalue weighted by Gasteiger charge is 2.17. The van der Waals surface area contributed by atoms with Crippen LogP contribution in [-0.4, -0.2) is 34.9 Å². The van der Waals surface area contributed by atoms with Gasteiger partial charge in [0.05, 0.1) is 28.4 Å². The van der Waals surface area contributed by atoms with Crippen LogP contribution in [0.4, 0.5) is 4.39 Å². The van der Waals surface area contributed by atoms with Gasteiger partial charge in [-0.25, -0.2) is 14.4 Å². The van der Waals surface area contributed by atoms with E-state index in [1.165, 1.54) is 12.1 Å². The summed E-state index contributed by atoms with van der Waals surface area (Å²) in [5.41, 5.74) is 7.41. The third kappa shape index (κ3) is 2.88. The first-order valence-corrected chi connectivity index (χ1v) is 9.75. The molecule has 0 bridgehead atoms. The lowest BCUT2D eigenvalue weighted by molar-refractivity contribution is 0.628. The number of halogens is 1. The number of H-pyrrole nitrogens is 2. The lowest BCUT2D eigenvalue weighted by Gasteiger charge is -2.02. The molecule has 0 spiro atoms. The van der Waals surface area contributed by atoms with Gasteiger partial charge in [0.1, 0.15) is 11.3 Å². The Labute approximate surface area is 175 Å². The summed E-state index contributed by atoms with van der Waals surface area (Å²) in [4.78, 5) is 13.0. The molecule has 0 radical (unpaired) electrons. The number of rotatable bonds is 3. The minimum absolute atomic E-state index is 0.267. The smallest absolute Gasteiger partial charge is 0.161 e. The number of para-hydroxylation sites is 1. The fourth-order valence-electron chi connectivity index (χ4n) is 3.79. The average Bonchev–Trinajstić information content (AvgIpc) is 3.51. The van der Waals surface area contributed by atoms with Gasteiger partial charge in [-0.3, -0.25) is 9.78 Å². The molecule has 2 aromatic carbocycles. The van der Waals surface area contributed by atoms with E-state index in [9.17, 15) is 4.39 Å². The second-order valence-corrected chi connectivity index (χ2v) is 7.36. The van der Waals surface area contributed by atoms with Crippen molar-refractivity contribution >= 4 is 22.1 Å². The maximum atomic E-state index is 13.4. The molecule has 4 aromatic heterocycles. The van der Waals surface area contributed by atoms with Crippen molar-refractivity contribution in [3.8, 4) is 33.9 Å². The predicted octanol–water partition coefficient (Wildman–Crippen LogP) is 4.71. The zero-order valence-electron chi connectivity index (χ0n) is 16.5. The topological polar surface area (TPSA) is 88.1 Å². The molecule has 7 nitrogen and oxygen atoms in total. The minimum Gasteiger partial charge on any atom is -0.336 e. The number of nitrogens with zero attached hydrogens (tertiary/aromatic N) is 5. The third-order valence-corrected chi connectivity index (χ3v) is 5.30. The van der Waals surface area contributed by atoms with Crippen molar-refractivity contribution in [1.82, 2.24) is 34.9 Å². The van der Waals surface area contributed by atoms with Crippen molar-refractivity contribution in [3.05, 3.63) is 72.8 Å². The lowest BCUT2D eigenvalue weighted by atomic mass is 10.0. The molecule has 8 heteroatoms. The molecular formula is C23H16FN7. The number of pyridine rings is 1. The van der Waals surface area contributed by atoms with Crippen LogP contribution in [-0.2, 0) is 7.05 Å². The summed E-state index contributed by atoms with van der Waals surface area (Å²) in [6.45, 7) is 0. The van der Waals surface area contributed by atoms with E-state index in [0.717, 1.165) is 44.5 Å². The first-order chi connectivity index (χ1) is 15.2. The molecule has 6 rings (SSSR count). The number of imidazole rings is 1. The third-order valence-electron chi connectivity index (χ3n) is 5.30. The monoisotopic (exact) mass is 409 g/mol. The van der Waals surface area contributed by atoms with Crippen LogP contribution in [0.1, 0.15) is 0 Å². The Morgan fingerprint density at radius 1 is 0.871 bits per heavy atom. The van der Waals surface area contributed by atoms with Crippen LogP contribution in [0, 0.1) is 5.82 Å². The molecule has 2 N–H and O–H groups in total. The lowest BCUT2D eigenvalue weighted by Crippen LogP contribution is -1.87. The summed E-state index contributed by atoms with van der Waals surface area (Å²) in [5, 5.41) is 11.7. The fourth-order valence-corrected chi connectivity index (χ4v) is 3.79. The fraction of sp³-hybridized carbons (Fsp3) is 0.0435. The molecule has 0 saturated carbocycles. The molecule has 0 aliphatic carbocycles. The van der Waals surface area contributed by atoms with E-state index in [4.69, 9.17) is 9.97 Å². The van der Waals surface area contributed by atoms with Crippen molar-refractivity contribution in [2.75, 3.05) is 0 Å².